The summed E-state index contributed by atoms with van der Waals surface area (Å²) < 4.78 is 11.1. The van der Waals surface area contributed by atoms with Crippen molar-refractivity contribution in [1.29, 1.82) is 0 Å². The Morgan fingerprint density at radius 3 is 2.31 bits per heavy atom. The fourth-order valence-corrected chi connectivity index (χ4v) is 3.87. The van der Waals surface area contributed by atoms with Gasteiger partial charge in [0.15, 0.2) is 0 Å². The number of rotatable bonds is 6. The largest absolute Gasteiger partial charge is 0.496 e. The number of likely N-dealkylation sites (N-methyl/N-ethyl adjacent to an activating group) is 1. The molecule has 0 aliphatic carbocycles. The molecule has 1 saturated heterocycles. The van der Waals surface area contributed by atoms with E-state index in [1.807, 2.05) is 36.4 Å². The molecule has 0 radical (unpaired) electrons. The second-order valence-electron chi connectivity index (χ2n) is 7.78. The molecular weight excluding hydrogens is 404 g/mol. The van der Waals surface area contributed by atoms with Crippen molar-refractivity contribution in [3.05, 3.63) is 66.5 Å². The van der Waals surface area contributed by atoms with Gasteiger partial charge in [0, 0.05) is 55.4 Å². The number of carbonyl (C=O) groups is 1. The van der Waals surface area contributed by atoms with Crippen LogP contribution in [0.15, 0.2) is 60.9 Å². The molecule has 1 amide bonds. The molecule has 0 unspecified atom stereocenters. The Labute approximate surface area is 188 Å². The van der Waals surface area contributed by atoms with Crippen LogP contribution in [0.1, 0.15) is 10.4 Å². The van der Waals surface area contributed by atoms with Gasteiger partial charge in [-0.15, -0.1) is 0 Å². The van der Waals surface area contributed by atoms with Crippen LogP contribution in [0.3, 0.4) is 0 Å². The Kier molecular flexibility index (Phi) is 6.56. The molecule has 2 heterocycles. The third-order valence-corrected chi connectivity index (χ3v) is 5.74. The normalized spacial score (nSPS) is 14.2. The smallest absolute Gasteiger partial charge is 0.255 e. The lowest BCUT2D eigenvalue weighted by Gasteiger charge is -2.35. The number of benzene rings is 2. The molecule has 1 N–H and O–H groups in total. The number of hydrogen-bond acceptors (Lipinski definition) is 6. The molecule has 3 aromatic rings. The van der Waals surface area contributed by atoms with Crippen LogP contribution in [0.5, 0.6) is 11.5 Å². The molecule has 166 valence electrons. The molecule has 1 fully saturated rings. The number of ether oxygens (including phenoxy) is 2. The molecule has 1 aliphatic heterocycles. The van der Waals surface area contributed by atoms with Gasteiger partial charge in [0.2, 0.25) is 0 Å². The minimum absolute atomic E-state index is 0.195. The van der Waals surface area contributed by atoms with Gasteiger partial charge in [-0.05, 0) is 61.1 Å². The molecule has 0 atom stereocenters. The first-order chi connectivity index (χ1) is 15.6. The van der Waals surface area contributed by atoms with Gasteiger partial charge in [-0.25, -0.2) is 0 Å². The van der Waals surface area contributed by atoms with Gasteiger partial charge in [-0.1, -0.05) is 0 Å². The molecule has 7 nitrogen and oxygen atoms in total. The lowest BCUT2D eigenvalue weighted by Crippen LogP contribution is -2.44. The Morgan fingerprint density at radius 1 is 0.906 bits per heavy atom. The van der Waals surface area contributed by atoms with E-state index in [9.17, 15) is 4.79 Å². The molecule has 2 aromatic carbocycles. The molecule has 32 heavy (non-hydrogen) atoms. The van der Waals surface area contributed by atoms with Crippen molar-refractivity contribution in [3.63, 3.8) is 0 Å². The standard InChI is InChI=1S/C25H28N4O3/c1-28-12-14-29(15-13-28)22-17-20(5-7-23(22)31-2)27-25(30)19-4-6-21(24(16-19)32-3)18-8-10-26-11-9-18/h4-11,16-17H,12-15H2,1-3H3,(H,27,30). The van der Waals surface area contributed by atoms with Crippen molar-refractivity contribution in [2.45, 2.75) is 0 Å². The highest BCUT2D eigenvalue weighted by molar-refractivity contribution is 6.05. The summed E-state index contributed by atoms with van der Waals surface area (Å²) in [6.07, 6.45) is 3.47. The van der Waals surface area contributed by atoms with E-state index in [2.05, 4.69) is 27.1 Å². The Balaban J connectivity index is 1.55. The quantitative estimate of drug-likeness (QED) is 0.640. The second kappa shape index (κ2) is 9.70. The minimum Gasteiger partial charge on any atom is -0.496 e. The summed E-state index contributed by atoms with van der Waals surface area (Å²) >= 11 is 0. The van der Waals surface area contributed by atoms with E-state index in [0.717, 1.165) is 54.4 Å². The Bertz CT molecular complexity index is 1080. The second-order valence-corrected chi connectivity index (χ2v) is 7.78. The van der Waals surface area contributed by atoms with E-state index in [4.69, 9.17) is 9.47 Å². The zero-order valence-electron chi connectivity index (χ0n) is 18.7. The predicted molar refractivity (Wildman–Crippen MR) is 127 cm³/mol. The van der Waals surface area contributed by atoms with Gasteiger partial charge in [0.1, 0.15) is 11.5 Å². The van der Waals surface area contributed by atoms with Crippen molar-refractivity contribution in [3.8, 4) is 22.6 Å². The minimum atomic E-state index is -0.195. The number of pyridine rings is 1. The van der Waals surface area contributed by atoms with Crippen molar-refractivity contribution >= 4 is 17.3 Å². The van der Waals surface area contributed by atoms with Gasteiger partial charge in [-0.3, -0.25) is 9.78 Å². The van der Waals surface area contributed by atoms with Crippen LogP contribution in [0.4, 0.5) is 11.4 Å². The van der Waals surface area contributed by atoms with Gasteiger partial charge in [-0.2, -0.15) is 0 Å². The number of piperazine rings is 1. The number of aromatic nitrogens is 1. The van der Waals surface area contributed by atoms with Crippen molar-refractivity contribution in [1.82, 2.24) is 9.88 Å². The van der Waals surface area contributed by atoms with E-state index in [-0.39, 0.29) is 5.91 Å². The zero-order chi connectivity index (χ0) is 22.5. The highest BCUT2D eigenvalue weighted by atomic mass is 16.5. The van der Waals surface area contributed by atoms with Crippen LogP contribution >= 0.6 is 0 Å². The molecule has 0 bridgehead atoms. The van der Waals surface area contributed by atoms with Crippen LogP contribution in [0.2, 0.25) is 0 Å². The molecule has 0 spiro atoms. The predicted octanol–water partition coefficient (Wildman–Crippen LogP) is 3.77. The molecule has 0 saturated carbocycles. The van der Waals surface area contributed by atoms with E-state index in [1.54, 1.807) is 38.7 Å². The summed E-state index contributed by atoms with van der Waals surface area (Å²) in [5, 5.41) is 3.01. The van der Waals surface area contributed by atoms with Crippen LogP contribution in [0, 0.1) is 0 Å². The zero-order valence-corrected chi connectivity index (χ0v) is 18.7. The summed E-state index contributed by atoms with van der Waals surface area (Å²) in [4.78, 5) is 21.6. The first-order valence-corrected chi connectivity index (χ1v) is 10.6. The van der Waals surface area contributed by atoms with E-state index >= 15 is 0 Å². The van der Waals surface area contributed by atoms with Crippen molar-refractivity contribution in [2.75, 3.05) is 57.7 Å². The molecule has 7 heteroatoms. The highest BCUT2D eigenvalue weighted by Crippen LogP contribution is 2.33. The van der Waals surface area contributed by atoms with Crippen LogP contribution in [-0.4, -0.2) is 63.2 Å². The van der Waals surface area contributed by atoms with E-state index in [0.29, 0.717) is 11.3 Å². The maximum Gasteiger partial charge on any atom is 0.255 e. The van der Waals surface area contributed by atoms with Crippen LogP contribution in [-0.2, 0) is 0 Å². The average Bonchev–Trinajstić information content (AvgIpc) is 2.84. The number of carbonyl (C=O) groups excluding carboxylic acids is 1. The fraction of sp³-hybridized carbons (Fsp3) is 0.280. The lowest BCUT2D eigenvalue weighted by atomic mass is 10.0. The maximum absolute atomic E-state index is 13.0. The third-order valence-electron chi connectivity index (χ3n) is 5.74. The van der Waals surface area contributed by atoms with Crippen molar-refractivity contribution in [2.24, 2.45) is 0 Å². The van der Waals surface area contributed by atoms with Gasteiger partial charge in [0.25, 0.3) is 5.91 Å². The monoisotopic (exact) mass is 432 g/mol. The molecule has 1 aromatic heterocycles. The summed E-state index contributed by atoms with van der Waals surface area (Å²) in [5.41, 5.74) is 4.13. The summed E-state index contributed by atoms with van der Waals surface area (Å²) in [5.74, 6) is 1.24. The highest BCUT2D eigenvalue weighted by Gasteiger charge is 2.19. The third kappa shape index (κ3) is 4.68. The molecule has 1 aliphatic rings. The van der Waals surface area contributed by atoms with Gasteiger partial charge < -0.3 is 24.6 Å². The van der Waals surface area contributed by atoms with Crippen molar-refractivity contribution < 1.29 is 14.3 Å². The van der Waals surface area contributed by atoms with Crippen LogP contribution < -0.4 is 19.7 Å². The van der Waals surface area contributed by atoms with E-state index < -0.39 is 0 Å². The maximum atomic E-state index is 13.0. The van der Waals surface area contributed by atoms with E-state index in [1.165, 1.54) is 0 Å². The summed E-state index contributed by atoms with van der Waals surface area (Å²) in [6, 6.07) is 15.0. The Morgan fingerprint density at radius 2 is 1.62 bits per heavy atom. The molecular formula is C25H28N4O3. The SMILES string of the molecule is COc1cc(C(=O)Nc2ccc(OC)c(N3CCN(C)CC3)c2)ccc1-c1ccncc1. The number of nitrogens with zero attached hydrogens (tertiary/aromatic N) is 3. The van der Waals surface area contributed by atoms with Gasteiger partial charge in [0.05, 0.1) is 19.9 Å². The number of hydrogen-bond donors (Lipinski definition) is 1. The fourth-order valence-electron chi connectivity index (χ4n) is 3.87. The van der Waals surface area contributed by atoms with Crippen LogP contribution in [0.25, 0.3) is 11.1 Å². The summed E-state index contributed by atoms with van der Waals surface area (Å²) in [6.45, 7) is 3.81. The first-order valence-electron chi connectivity index (χ1n) is 10.6. The lowest BCUT2D eigenvalue weighted by molar-refractivity contribution is 0.102. The topological polar surface area (TPSA) is 66.9 Å². The molecule has 4 rings (SSSR count). The average molecular weight is 433 g/mol. The Hall–Kier alpha value is -3.58. The number of nitrogens with one attached hydrogen (secondary N) is 1. The number of methoxy groups -OCH3 is 2. The number of anilines is 2. The number of amides is 1. The summed E-state index contributed by atoms with van der Waals surface area (Å²) in [7, 11) is 5.40. The first kappa shape index (κ1) is 21.6. The van der Waals surface area contributed by atoms with Gasteiger partial charge >= 0.3 is 0 Å².